The molecule has 34 heavy (non-hydrogen) atoms. The molecule has 0 radical (unpaired) electrons. The Balaban J connectivity index is 1.31. The molecule has 2 aliphatic rings. The van der Waals surface area contributed by atoms with Gasteiger partial charge in [-0.05, 0) is 44.7 Å². The van der Waals surface area contributed by atoms with Gasteiger partial charge in [-0.15, -0.1) is 5.10 Å². The van der Waals surface area contributed by atoms with Crippen molar-refractivity contribution in [3.8, 4) is 0 Å². The van der Waals surface area contributed by atoms with Crippen LogP contribution in [0.1, 0.15) is 50.0 Å². The molecule has 2 N–H and O–H groups in total. The van der Waals surface area contributed by atoms with E-state index >= 15 is 0 Å². The van der Waals surface area contributed by atoms with Gasteiger partial charge in [0.15, 0.2) is 17.4 Å². The van der Waals surface area contributed by atoms with Gasteiger partial charge < -0.3 is 10.2 Å². The third kappa shape index (κ3) is 3.77. The van der Waals surface area contributed by atoms with Crippen molar-refractivity contribution in [2.75, 3.05) is 16.8 Å². The maximum Gasteiger partial charge on any atom is 0.246 e. The van der Waals surface area contributed by atoms with Crippen molar-refractivity contribution in [2.24, 2.45) is 0 Å². The molecule has 10 nitrogen and oxygen atoms in total. The van der Waals surface area contributed by atoms with Crippen LogP contribution in [0.25, 0.3) is 5.52 Å². The van der Waals surface area contributed by atoms with E-state index in [-0.39, 0.29) is 12.2 Å². The van der Waals surface area contributed by atoms with E-state index in [4.69, 9.17) is 21.7 Å². The predicted molar refractivity (Wildman–Crippen MR) is 128 cm³/mol. The molecule has 11 heteroatoms. The van der Waals surface area contributed by atoms with E-state index < -0.39 is 5.54 Å². The van der Waals surface area contributed by atoms with Gasteiger partial charge in [0.2, 0.25) is 5.95 Å². The SMILES string of the molecule is C[C@@]1(C(=O)Cc2ncc(Cl)cn2)CCCN1c1nc(Nc2cc(C3CC3)[nH]n2)c2cccn2n1. The van der Waals surface area contributed by atoms with Crippen molar-refractivity contribution >= 4 is 40.5 Å². The number of nitrogens with zero attached hydrogens (tertiary/aromatic N) is 7. The van der Waals surface area contributed by atoms with E-state index in [1.54, 1.807) is 4.52 Å². The van der Waals surface area contributed by atoms with Gasteiger partial charge in [0.1, 0.15) is 11.3 Å². The fourth-order valence-electron chi connectivity index (χ4n) is 4.59. The van der Waals surface area contributed by atoms with Crippen molar-refractivity contribution < 1.29 is 4.79 Å². The highest BCUT2D eigenvalue weighted by molar-refractivity contribution is 6.30. The molecule has 1 saturated carbocycles. The number of anilines is 3. The number of hydrogen-bond donors (Lipinski definition) is 2. The minimum Gasteiger partial charge on any atom is -0.327 e. The lowest BCUT2D eigenvalue weighted by molar-refractivity contribution is -0.122. The second-order valence-corrected chi connectivity index (χ2v) is 9.59. The van der Waals surface area contributed by atoms with E-state index in [0.29, 0.717) is 41.5 Å². The van der Waals surface area contributed by atoms with Crippen LogP contribution < -0.4 is 10.2 Å². The van der Waals surface area contributed by atoms with Gasteiger partial charge in [0, 0.05) is 42.8 Å². The summed E-state index contributed by atoms with van der Waals surface area (Å²) in [5.74, 6) is 2.92. The lowest BCUT2D eigenvalue weighted by Crippen LogP contribution is -2.50. The fraction of sp³-hybridized carbons (Fsp3) is 0.391. The van der Waals surface area contributed by atoms with Gasteiger partial charge in [0.25, 0.3) is 0 Å². The van der Waals surface area contributed by atoms with Crippen LogP contribution in [0.2, 0.25) is 5.02 Å². The molecular formula is C23H24ClN9O. The summed E-state index contributed by atoms with van der Waals surface area (Å²) in [6.45, 7) is 2.63. The number of halogens is 1. The molecule has 6 rings (SSSR count). The third-order valence-corrected chi connectivity index (χ3v) is 6.91. The number of rotatable bonds is 7. The van der Waals surface area contributed by atoms with Crippen molar-refractivity contribution in [3.63, 3.8) is 0 Å². The third-order valence-electron chi connectivity index (χ3n) is 6.72. The van der Waals surface area contributed by atoms with Crippen LogP contribution in [-0.4, -0.2) is 52.6 Å². The first-order valence-corrected chi connectivity index (χ1v) is 11.8. The molecule has 1 aliphatic heterocycles. The van der Waals surface area contributed by atoms with Gasteiger partial charge in [-0.3, -0.25) is 9.89 Å². The Morgan fingerprint density at radius 3 is 2.94 bits per heavy atom. The number of ketones is 1. The summed E-state index contributed by atoms with van der Waals surface area (Å²) in [7, 11) is 0. The monoisotopic (exact) mass is 477 g/mol. The smallest absolute Gasteiger partial charge is 0.246 e. The Bertz CT molecular complexity index is 1360. The van der Waals surface area contributed by atoms with Gasteiger partial charge in [-0.2, -0.15) is 10.1 Å². The molecule has 174 valence electrons. The zero-order chi connectivity index (χ0) is 23.3. The number of aromatic nitrogens is 7. The fourth-order valence-corrected chi connectivity index (χ4v) is 4.69. The Kier molecular flexibility index (Phi) is 4.98. The molecular weight excluding hydrogens is 454 g/mol. The average Bonchev–Trinajstić information content (AvgIpc) is 3.20. The van der Waals surface area contributed by atoms with E-state index in [0.717, 1.165) is 23.4 Å². The lowest BCUT2D eigenvalue weighted by atomic mass is 9.91. The predicted octanol–water partition coefficient (Wildman–Crippen LogP) is 3.69. The highest BCUT2D eigenvalue weighted by atomic mass is 35.5. The van der Waals surface area contributed by atoms with Crippen LogP contribution in [0.15, 0.2) is 36.8 Å². The van der Waals surface area contributed by atoms with Gasteiger partial charge in [-0.25, -0.2) is 14.5 Å². The summed E-state index contributed by atoms with van der Waals surface area (Å²) in [6, 6.07) is 5.91. The van der Waals surface area contributed by atoms with Crippen molar-refractivity contribution in [1.29, 1.82) is 0 Å². The zero-order valence-electron chi connectivity index (χ0n) is 18.7. The second kappa shape index (κ2) is 8.05. The lowest BCUT2D eigenvalue weighted by Gasteiger charge is -2.34. The molecule has 0 aromatic carbocycles. The molecule has 5 heterocycles. The van der Waals surface area contributed by atoms with Crippen LogP contribution in [0.3, 0.4) is 0 Å². The molecule has 0 spiro atoms. The Morgan fingerprint density at radius 1 is 1.32 bits per heavy atom. The first-order valence-electron chi connectivity index (χ1n) is 11.4. The maximum absolute atomic E-state index is 13.4. The number of H-pyrrole nitrogens is 1. The maximum atomic E-state index is 13.4. The van der Waals surface area contributed by atoms with Crippen LogP contribution in [0.5, 0.6) is 0 Å². The average molecular weight is 478 g/mol. The molecule has 1 aliphatic carbocycles. The zero-order valence-corrected chi connectivity index (χ0v) is 19.5. The van der Waals surface area contributed by atoms with E-state index in [9.17, 15) is 4.79 Å². The molecule has 2 fully saturated rings. The van der Waals surface area contributed by atoms with Crippen LogP contribution in [-0.2, 0) is 11.2 Å². The molecule has 1 saturated heterocycles. The van der Waals surface area contributed by atoms with E-state index in [2.05, 4.69) is 25.5 Å². The quantitative estimate of drug-likeness (QED) is 0.414. The molecule has 4 aromatic heterocycles. The number of Topliss-reactive ketones (excluding diaryl/α,β-unsaturated/α-hetero) is 1. The first kappa shape index (κ1) is 21.0. The molecule has 0 unspecified atom stereocenters. The van der Waals surface area contributed by atoms with Gasteiger partial charge in [-0.1, -0.05) is 11.6 Å². The number of nitrogens with one attached hydrogen (secondary N) is 2. The van der Waals surface area contributed by atoms with Crippen LogP contribution in [0.4, 0.5) is 17.6 Å². The van der Waals surface area contributed by atoms with Crippen molar-refractivity contribution in [1.82, 2.24) is 34.8 Å². The number of aromatic amines is 1. The second-order valence-electron chi connectivity index (χ2n) is 9.15. The number of hydrogen-bond acceptors (Lipinski definition) is 8. The number of carbonyl (C=O) groups excluding carboxylic acids is 1. The molecule has 0 amide bonds. The summed E-state index contributed by atoms with van der Waals surface area (Å²) in [5.41, 5.74) is 1.22. The first-order chi connectivity index (χ1) is 16.5. The Hall–Kier alpha value is -3.53. The number of carbonyl (C=O) groups is 1. The Morgan fingerprint density at radius 2 is 2.15 bits per heavy atom. The van der Waals surface area contributed by atoms with Crippen molar-refractivity contribution in [2.45, 2.75) is 50.5 Å². The minimum atomic E-state index is -0.757. The van der Waals surface area contributed by atoms with Gasteiger partial charge in [0.05, 0.1) is 17.0 Å². The highest BCUT2D eigenvalue weighted by Crippen LogP contribution is 2.40. The van der Waals surface area contributed by atoms with E-state index in [1.165, 1.54) is 25.2 Å². The normalized spacial score (nSPS) is 20.2. The Labute approximate surface area is 200 Å². The summed E-state index contributed by atoms with van der Waals surface area (Å²) < 4.78 is 1.78. The standard InChI is InChI=1S/C23H24ClN9O/c1-23(18(34)11-19-25-12-15(24)13-26-19)7-3-8-32(23)22-28-21(17-4-2-9-33(17)31-22)27-20-10-16(29-30-20)14-5-6-14/h2,4,9-10,12-14H,3,5-8,11H2,1H3,(H2,27,28,29,30,31)/t23-/m0/s1. The van der Waals surface area contributed by atoms with Crippen LogP contribution in [0, 0.1) is 0 Å². The van der Waals surface area contributed by atoms with Crippen molar-refractivity contribution in [3.05, 3.63) is 53.3 Å². The largest absolute Gasteiger partial charge is 0.327 e. The molecule has 1 atom stereocenters. The summed E-state index contributed by atoms with van der Waals surface area (Å²) in [5, 5.41) is 16.0. The minimum absolute atomic E-state index is 0.0272. The summed E-state index contributed by atoms with van der Waals surface area (Å²) in [4.78, 5) is 28.7. The summed E-state index contributed by atoms with van der Waals surface area (Å²) >= 11 is 5.89. The summed E-state index contributed by atoms with van der Waals surface area (Å²) in [6.07, 6.45) is 8.99. The highest BCUT2D eigenvalue weighted by Gasteiger charge is 2.44. The van der Waals surface area contributed by atoms with E-state index in [1.807, 2.05) is 36.2 Å². The topological polar surface area (TPSA) is 117 Å². The van der Waals surface area contributed by atoms with Gasteiger partial charge >= 0.3 is 0 Å². The molecule has 4 aromatic rings. The van der Waals surface area contributed by atoms with Crippen LogP contribution >= 0.6 is 11.6 Å². The number of fused-ring (bicyclic) bond motifs is 1. The molecule has 0 bridgehead atoms.